The highest BCUT2D eigenvalue weighted by atomic mass is 16.6. The van der Waals surface area contributed by atoms with Gasteiger partial charge in [0.25, 0.3) is 5.91 Å². The molecule has 2 bridgehead atoms. The fourth-order valence-corrected chi connectivity index (χ4v) is 4.88. The molecule has 1 N–H and O–H groups in total. The quantitative estimate of drug-likeness (QED) is 0.881. The summed E-state index contributed by atoms with van der Waals surface area (Å²) in [7, 11) is 0. The number of hydrogen-bond donors (Lipinski definition) is 1. The number of phenols is 1. The van der Waals surface area contributed by atoms with E-state index in [1.165, 1.54) is 5.56 Å². The van der Waals surface area contributed by atoms with Crippen molar-refractivity contribution in [3.63, 3.8) is 0 Å². The summed E-state index contributed by atoms with van der Waals surface area (Å²) in [5.41, 5.74) is 1.85. The van der Waals surface area contributed by atoms with E-state index < -0.39 is 0 Å². The monoisotopic (exact) mass is 365 g/mol. The Hall–Kier alpha value is -2.69. The van der Waals surface area contributed by atoms with Crippen molar-refractivity contribution in [1.29, 1.82) is 0 Å². The summed E-state index contributed by atoms with van der Waals surface area (Å²) >= 11 is 0. The first kappa shape index (κ1) is 16.5. The molecule has 3 atom stereocenters. The minimum atomic E-state index is 0.0915. The van der Waals surface area contributed by atoms with Crippen molar-refractivity contribution in [3.8, 4) is 17.2 Å². The number of fused-ring (bicyclic) bond motifs is 3. The zero-order valence-electron chi connectivity index (χ0n) is 15.1. The number of nitrogens with zero attached hydrogens (tertiary/aromatic N) is 1. The maximum absolute atomic E-state index is 13.2. The Labute approximate surface area is 158 Å². The van der Waals surface area contributed by atoms with E-state index in [1.807, 2.05) is 30.3 Å². The third kappa shape index (κ3) is 2.91. The van der Waals surface area contributed by atoms with Crippen LogP contribution in [0.4, 0.5) is 0 Å². The predicted molar refractivity (Wildman–Crippen MR) is 100 cm³/mol. The van der Waals surface area contributed by atoms with E-state index in [4.69, 9.17) is 9.47 Å². The minimum Gasteiger partial charge on any atom is -0.508 e. The van der Waals surface area contributed by atoms with Gasteiger partial charge in [0.1, 0.15) is 19.0 Å². The van der Waals surface area contributed by atoms with Gasteiger partial charge in [0.05, 0.1) is 0 Å². The number of benzene rings is 2. The SMILES string of the molecule is O=C(c1ccc2c(c1)OCCO2)N1[C@@H]2CC[C@H]1C[C@@H](c1cccc(O)c1)C2. The van der Waals surface area contributed by atoms with Gasteiger partial charge in [-0.25, -0.2) is 0 Å². The lowest BCUT2D eigenvalue weighted by Gasteiger charge is -2.39. The van der Waals surface area contributed by atoms with Crippen LogP contribution in [0.15, 0.2) is 42.5 Å². The normalized spacial score (nSPS) is 26.1. The summed E-state index contributed by atoms with van der Waals surface area (Å²) in [5.74, 6) is 2.18. The van der Waals surface area contributed by atoms with E-state index in [0.29, 0.717) is 41.9 Å². The molecule has 2 fully saturated rings. The molecule has 0 saturated carbocycles. The molecule has 0 unspecified atom stereocenters. The van der Waals surface area contributed by atoms with Crippen molar-refractivity contribution in [2.24, 2.45) is 0 Å². The van der Waals surface area contributed by atoms with Crippen molar-refractivity contribution in [2.75, 3.05) is 13.2 Å². The number of phenolic OH excluding ortho intramolecular Hbond substituents is 1. The maximum atomic E-state index is 13.2. The molecule has 3 heterocycles. The van der Waals surface area contributed by atoms with Crippen LogP contribution in [0.3, 0.4) is 0 Å². The Balaban J connectivity index is 1.37. The van der Waals surface area contributed by atoms with E-state index in [-0.39, 0.29) is 18.0 Å². The molecule has 5 rings (SSSR count). The lowest BCUT2D eigenvalue weighted by molar-refractivity contribution is 0.0570. The van der Waals surface area contributed by atoms with Crippen molar-refractivity contribution < 1.29 is 19.4 Å². The molecular weight excluding hydrogens is 342 g/mol. The summed E-state index contributed by atoms with van der Waals surface area (Å²) < 4.78 is 11.2. The Bertz CT molecular complexity index is 866. The van der Waals surface area contributed by atoms with E-state index >= 15 is 0 Å². The third-order valence-corrected chi connectivity index (χ3v) is 6.10. The lowest BCUT2D eigenvalue weighted by atomic mass is 9.84. The highest BCUT2D eigenvalue weighted by Gasteiger charge is 2.43. The standard InChI is InChI=1S/C22H23NO4/c24-19-3-1-2-14(12-19)16-10-17-5-6-18(11-16)23(17)22(25)15-4-7-20-21(13-15)27-9-8-26-20/h1-4,7,12-13,16-18,24H,5-6,8-11H2/t16-,17+,18-. The zero-order valence-corrected chi connectivity index (χ0v) is 15.1. The molecule has 140 valence electrons. The first-order valence-electron chi connectivity index (χ1n) is 9.70. The second-order valence-electron chi connectivity index (χ2n) is 7.72. The van der Waals surface area contributed by atoms with E-state index in [9.17, 15) is 9.90 Å². The van der Waals surface area contributed by atoms with Crippen LogP contribution in [0.1, 0.15) is 47.5 Å². The number of rotatable bonds is 2. The molecule has 27 heavy (non-hydrogen) atoms. The zero-order chi connectivity index (χ0) is 18.4. The molecular formula is C22H23NO4. The second kappa shape index (κ2) is 6.48. The summed E-state index contributed by atoms with van der Waals surface area (Å²) in [6.07, 6.45) is 4.01. The summed E-state index contributed by atoms with van der Waals surface area (Å²) in [6, 6.07) is 13.6. The van der Waals surface area contributed by atoms with Gasteiger partial charge < -0.3 is 19.5 Å². The number of hydrogen-bond acceptors (Lipinski definition) is 4. The molecule has 1 amide bonds. The summed E-state index contributed by atoms with van der Waals surface area (Å²) in [6.45, 7) is 1.07. The number of carbonyl (C=O) groups is 1. The molecule has 5 heteroatoms. The van der Waals surface area contributed by atoms with Gasteiger partial charge in [-0.1, -0.05) is 12.1 Å². The topological polar surface area (TPSA) is 59.0 Å². The van der Waals surface area contributed by atoms with Crippen LogP contribution in [0.2, 0.25) is 0 Å². The largest absolute Gasteiger partial charge is 0.508 e. The highest BCUT2D eigenvalue weighted by Crippen LogP contribution is 2.44. The van der Waals surface area contributed by atoms with Crippen molar-refractivity contribution in [3.05, 3.63) is 53.6 Å². The highest BCUT2D eigenvalue weighted by molar-refractivity contribution is 5.95. The van der Waals surface area contributed by atoms with Gasteiger partial charge in [0, 0.05) is 17.6 Å². The molecule has 0 radical (unpaired) electrons. The third-order valence-electron chi connectivity index (χ3n) is 6.10. The first-order valence-corrected chi connectivity index (χ1v) is 9.70. The molecule has 3 aliphatic rings. The molecule has 5 nitrogen and oxygen atoms in total. The predicted octanol–water partition coefficient (Wildman–Crippen LogP) is 3.71. The summed E-state index contributed by atoms with van der Waals surface area (Å²) in [4.78, 5) is 15.3. The van der Waals surface area contributed by atoms with Crippen LogP contribution in [0.5, 0.6) is 17.2 Å². The Morgan fingerprint density at radius 2 is 1.70 bits per heavy atom. The number of ether oxygens (including phenoxy) is 2. The van der Waals surface area contributed by atoms with E-state index in [0.717, 1.165) is 25.7 Å². The van der Waals surface area contributed by atoms with Gasteiger partial charge >= 0.3 is 0 Å². The molecule has 0 aliphatic carbocycles. The van der Waals surface area contributed by atoms with E-state index in [2.05, 4.69) is 11.0 Å². The van der Waals surface area contributed by atoms with Gasteiger partial charge in [-0.15, -0.1) is 0 Å². The average molecular weight is 365 g/mol. The minimum absolute atomic E-state index is 0.0915. The van der Waals surface area contributed by atoms with Crippen LogP contribution < -0.4 is 9.47 Å². The van der Waals surface area contributed by atoms with Gasteiger partial charge in [-0.05, 0) is 67.5 Å². The number of aromatic hydroxyl groups is 1. The number of amides is 1. The molecule has 2 saturated heterocycles. The second-order valence-corrected chi connectivity index (χ2v) is 7.72. The van der Waals surface area contributed by atoms with Crippen LogP contribution in [0, 0.1) is 0 Å². The van der Waals surface area contributed by atoms with E-state index in [1.54, 1.807) is 6.07 Å². The smallest absolute Gasteiger partial charge is 0.254 e. The van der Waals surface area contributed by atoms with Gasteiger partial charge in [0.15, 0.2) is 11.5 Å². The lowest BCUT2D eigenvalue weighted by Crippen LogP contribution is -2.46. The Morgan fingerprint density at radius 1 is 0.963 bits per heavy atom. The van der Waals surface area contributed by atoms with Gasteiger partial charge in [-0.3, -0.25) is 4.79 Å². The van der Waals surface area contributed by atoms with Crippen LogP contribution in [-0.2, 0) is 0 Å². The van der Waals surface area contributed by atoms with Crippen LogP contribution in [0.25, 0.3) is 0 Å². The number of piperidine rings is 1. The fraction of sp³-hybridized carbons (Fsp3) is 0.409. The average Bonchev–Trinajstić information content (AvgIpc) is 2.96. The summed E-state index contributed by atoms with van der Waals surface area (Å²) in [5, 5.41) is 9.79. The van der Waals surface area contributed by atoms with Crippen molar-refractivity contribution in [1.82, 2.24) is 4.90 Å². The fourth-order valence-electron chi connectivity index (χ4n) is 4.88. The molecule has 2 aromatic rings. The molecule has 2 aromatic carbocycles. The molecule has 0 aromatic heterocycles. The first-order chi connectivity index (χ1) is 13.2. The maximum Gasteiger partial charge on any atom is 0.254 e. The molecule has 0 spiro atoms. The Morgan fingerprint density at radius 3 is 2.44 bits per heavy atom. The molecule has 3 aliphatic heterocycles. The van der Waals surface area contributed by atoms with Gasteiger partial charge in [-0.2, -0.15) is 0 Å². The van der Waals surface area contributed by atoms with Crippen LogP contribution in [-0.4, -0.2) is 41.2 Å². The number of carbonyl (C=O) groups excluding carboxylic acids is 1. The van der Waals surface area contributed by atoms with Crippen molar-refractivity contribution >= 4 is 5.91 Å². The van der Waals surface area contributed by atoms with Crippen LogP contribution >= 0.6 is 0 Å². The van der Waals surface area contributed by atoms with Gasteiger partial charge in [0.2, 0.25) is 0 Å². The Kier molecular flexibility index (Phi) is 3.96. The van der Waals surface area contributed by atoms with Crippen molar-refractivity contribution in [2.45, 2.75) is 43.7 Å².